The second-order valence-corrected chi connectivity index (χ2v) is 5.84. The Morgan fingerprint density at radius 2 is 2.24 bits per heavy atom. The van der Waals surface area contributed by atoms with Crippen molar-refractivity contribution < 1.29 is 9.90 Å². The Balaban J connectivity index is 1.73. The first-order valence-corrected chi connectivity index (χ1v) is 7.72. The molecule has 2 amide bonds. The lowest BCUT2D eigenvalue weighted by Crippen LogP contribution is -2.48. The molecule has 0 unspecified atom stereocenters. The highest BCUT2D eigenvalue weighted by Gasteiger charge is 2.33. The van der Waals surface area contributed by atoms with Crippen LogP contribution in [-0.4, -0.2) is 47.3 Å². The fourth-order valence-electron chi connectivity index (χ4n) is 2.78. The van der Waals surface area contributed by atoms with Gasteiger partial charge in [0, 0.05) is 38.6 Å². The monoisotopic (exact) mass is 291 g/mol. The number of amides is 2. The molecule has 1 fully saturated rings. The van der Waals surface area contributed by atoms with E-state index in [2.05, 4.69) is 17.2 Å². The number of aliphatic hydroxyl groups excluding tert-OH is 1. The van der Waals surface area contributed by atoms with Gasteiger partial charge in [-0.2, -0.15) is 0 Å². The zero-order valence-electron chi connectivity index (χ0n) is 12.7. The average molecular weight is 291 g/mol. The first-order valence-electron chi connectivity index (χ1n) is 7.72. The van der Waals surface area contributed by atoms with Gasteiger partial charge in [0.15, 0.2) is 0 Å². The van der Waals surface area contributed by atoms with Crippen molar-refractivity contribution in [2.75, 3.05) is 26.2 Å². The summed E-state index contributed by atoms with van der Waals surface area (Å²) in [6.07, 6.45) is 7.11. The van der Waals surface area contributed by atoms with Crippen molar-refractivity contribution in [2.45, 2.75) is 32.6 Å². The molecule has 1 saturated heterocycles. The van der Waals surface area contributed by atoms with E-state index in [1.54, 1.807) is 6.20 Å². The van der Waals surface area contributed by atoms with Gasteiger partial charge in [0.2, 0.25) is 0 Å². The largest absolute Gasteiger partial charge is 0.396 e. The van der Waals surface area contributed by atoms with Crippen LogP contribution >= 0.6 is 0 Å². The van der Waals surface area contributed by atoms with E-state index < -0.39 is 0 Å². The molecule has 0 saturated carbocycles. The summed E-state index contributed by atoms with van der Waals surface area (Å²) in [7, 11) is 0. The molecule has 2 heterocycles. The van der Waals surface area contributed by atoms with Crippen molar-refractivity contribution >= 4 is 6.03 Å². The number of urea groups is 1. The molecule has 0 bridgehead atoms. The lowest BCUT2D eigenvalue weighted by atomic mass is 9.77. The number of aromatic nitrogens is 1. The maximum Gasteiger partial charge on any atom is 0.317 e. The van der Waals surface area contributed by atoms with Crippen molar-refractivity contribution in [2.24, 2.45) is 5.41 Å². The highest BCUT2D eigenvalue weighted by molar-refractivity contribution is 5.74. The first kappa shape index (κ1) is 15.8. The second kappa shape index (κ2) is 7.41. The summed E-state index contributed by atoms with van der Waals surface area (Å²) in [5.41, 5.74) is 1.15. The number of aliphatic hydroxyl groups is 1. The molecule has 0 radical (unpaired) electrons. The smallest absolute Gasteiger partial charge is 0.317 e. The van der Waals surface area contributed by atoms with Gasteiger partial charge >= 0.3 is 6.03 Å². The lowest BCUT2D eigenvalue weighted by Gasteiger charge is -2.40. The van der Waals surface area contributed by atoms with Crippen molar-refractivity contribution in [1.82, 2.24) is 15.2 Å². The maximum atomic E-state index is 12.1. The third-order valence-corrected chi connectivity index (χ3v) is 4.61. The minimum atomic E-state index is 0.00142. The molecule has 5 nitrogen and oxygen atoms in total. The Hall–Kier alpha value is -1.62. The Morgan fingerprint density at radius 3 is 2.81 bits per heavy atom. The molecule has 0 aliphatic carbocycles. The number of hydrogen-bond acceptors (Lipinski definition) is 3. The van der Waals surface area contributed by atoms with Gasteiger partial charge in [0.05, 0.1) is 0 Å². The van der Waals surface area contributed by atoms with Gasteiger partial charge in [-0.05, 0) is 42.7 Å². The molecular weight excluding hydrogens is 266 g/mol. The van der Waals surface area contributed by atoms with Crippen LogP contribution in [0.15, 0.2) is 24.5 Å². The highest BCUT2D eigenvalue weighted by Crippen LogP contribution is 2.34. The summed E-state index contributed by atoms with van der Waals surface area (Å²) >= 11 is 0. The number of pyridine rings is 1. The molecule has 2 N–H and O–H groups in total. The standard InChI is InChI=1S/C16H25N3O2/c1-2-16(13-20)6-10-19(11-7-16)15(21)18-9-5-14-4-3-8-17-12-14/h3-4,8,12,20H,2,5-7,9-11,13H2,1H3,(H,18,21). The van der Waals surface area contributed by atoms with Gasteiger partial charge in [-0.15, -0.1) is 0 Å². The molecule has 116 valence electrons. The molecule has 21 heavy (non-hydrogen) atoms. The van der Waals surface area contributed by atoms with Crippen LogP contribution in [0, 0.1) is 5.41 Å². The lowest BCUT2D eigenvalue weighted by molar-refractivity contribution is 0.0520. The number of carbonyl (C=O) groups excluding carboxylic acids is 1. The zero-order chi connectivity index (χ0) is 15.1. The van der Waals surface area contributed by atoms with Gasteiger partial charge in [-0.3, -0.25) is 4.98 Å². The molecule has 1 aromatic heterocycles. The fraction of sp³-hybridized carbons (Fsp3) is 0.625. The molecule has 2 rings (SSSR count). The van der Waals surface area contributed by atoms with Crippen LogP contribution in [0.4, 0.5) is 4.79 Å². The average Bonchev–Trinajstić information content (AvgIpc) is 2.56. The molecule has 1 aromatic rings. The summed E-state index contributed by atoms with van der Waals surface area (Å²) in [6.45, 7) is 4.42. The van der Waals surface area contributed by atoms with Crippen LogP contribution in [0.5, 0.6) is 0 Å². The number of piperidine rings is 1. The zero-order valence-corrected chi connectivity index (χ0v) is 12.7. The Kier molecular flexibility index (Phi) is 5.56. The third-order valence-electron chi connectivity index (χ3n) is 4.61. The number of rotatable bonds is 5. The summed E-state index contributed by atoms with van der Waals surface area (Å²) in [5, 5.41) is 12.5. The molecule has 0 spiro atoms. The van der Waals surface area contributed by atoms with E-state index in [4.69, 9.17) is 0 Å². The SMILES string of the molecule is CCC1(CO)CCN(C(=O)NCCc2cccnc2)CC1. The Labute approximate surface area is 126 Å². The van der Waals surface area contributed by atoms with Crippen molar-refractivity contribution in [3.05, 3.63) is 30.1 Å². The summed E-state index contributed by atoms with van der Waals surface area (Å²) in [5.74, 6) is 0. The predicted molar refractivity (Wildman–Crippen MR) is 82.0 cm³/mol. The van der Waals surface area contributed by atoms with Crippen molar-refractivity contribution in [3.63, 3.8) is 0 Å². The van der Waals surface area contributed by atoms with E-state index in [9.17, 15) is 9.90 Å². The number of nitrogens with zero attached hydrogens (tertiary/aromatic N) is 2. The quantitative estimate of drug-likeness (QED) is 0.869. The topological polar surface area (TPSA) is 65.5 Å². The summed E-state index contributed by atoms with van der Waals surface area (Å²) in [4.78, 5) is 18.0. The van der Waals surface area contributed by atoms with Crippen LogP contribution in [0.1, 0.15) is 31.7 Å². The molecule has 5 heteroatoms. The third kappa shape index (κ3) is 4.17. The number of nitrogens with one attached hydrogen (secondary N) is 1. The van der Waals surface area contributed by atoms with Gasteiger partial charge in [-0.25, -0.2) is 4.79 Å². The van der Waals surface area contributed by atoms with Crippen LogP contribution < -0.4 is 5.32 Å². The molecule has 1 aliphatic heterocycles. The molecule has 1 aliphatic rings. The number of carbonyl (C=O) groups is 1. The predicted octanol–water partition coefficient (Wildman–Crippen LogP) is 1.82. The van der Waals surface area contributed by atoms with Crippen LogP contribution in [0.25, 0.3) is 0 Å². The van der Waals surface area contributed by atoms with E-state index in [0.717, 1.165) is 44.3 Å². The van der Waals surface area contributed by atoms with Crippen LogP contribution in [0.3, 0.4) is 0 Å². The minimum absolute atomic E-state index is 0.00142. The van der Waals surface area contributed by atoms with Crippen molar-refractivity contribution in [3.8, 4) is 0 Å². The summed E-state index contributed by atoms with van der Waals surface area (Å²) < 4.78 is 0. The van der Waals surface area contributed by atoms with Gasteiger partial charge in [-0.1, -0.05) is 13.0 Å². The molecular formula is C16H25N3O2. The Morgan fingerprint density at radius 1 is 1.48 bits per heavy atom. The molecule has 0 aromatic carbocycles. The van der Waals surface area contributed by atoms with Gasteiger partial charge < -0.3 is 15.3 Å². The number of likely N-dealkylation sites (tertiary alicyclic amines) is 1. The second-order valence-electron chi connectivity index (χ2n) is 5.84. The molecule has 0 atom stereocenters. The van der Waals surface area contributed by atoms with Gasteiger partial charge in [0.1, 0.15) is 0 Å². The maximum absolute atomic E-state index is 12.1. The van der Waals surface area contributed by atoms with Crippen molar-refractivity contribution in [1.29, 1.82) is 0 Å². The van der Waals surface area contributed by atoms with E-state index in [1.165, 1.54) is 0 Å². The minimum Gasteiger partial charge on any atom is -0.396 e. The van der Waals surface area contributed by atoms with E-state index in [1.807, 2.05) is 23.2 Å². The normalized spacial score (nSPS) is 17.5. The Bertz CT molecular complexity index is 436. The number of hydrogen-bond donors (Lipinski definition) is 2. The highest BCUT2D eigenvalue weighted by atomic mass is 16.3. The van der Waals surface area contributed by atoms with E-state index >= 15 is 0 Å². The fourth-order valence-corrected chi connectivity index (χ4v) is 2.78. The van der Waals surface area contributed by atoms with Crippen LogP contribution in [0.2, 0.25) is 0 Å². The van der Waals surface area contributed by atoms with Gasteiger partial charge in [0.25, 0.3) is 0 Å². The van der Waals surface area contributed by atoms with E-state index in [-0.39, 0.29) is 18.1 Å². The van der Waals surface area contributed by atoms with E-state index in [0.29, 0.717) is 6.54 Å². The summed E-state index contributed by atoms with van der Waals surface area (Å²) in [6, 6.07) is 3.92. The first-order chi connectivity index (χ1) is 10.2. The van der Waals surface area contributed by atoms with Crippen LogP contribution in [-0.2, 0) is 6.42 Å².